The van der Waals surface area contributed by atoms with Gasteiger partial charge in [-0.15, -0.1) is 0 Å². The van der Waals surface area contributed by atoms with Crippen LogP contribution in [-0.2, 0) is 14.4 Å². The minimum atomic E-state index is -0.898. The molecular formula is C27H19Cl4N3O6. The molecule has 0 atom stereocenters. The molecule has 9 nitrogen and oxygen atoms in total. The van der Waals surface area contributed by atoms with Crippen molar-refractivity contribution in [3.63, 3.8) is 0 Å². The second-order valence-electron chi connectivity index (χ2n) is 8.16. The predicted octanol–water partition coefficient (Wildman–Crippen LogP) is 6.38. The molecule has 0 bridgehead atoms. The molecule has 0 aliphatic carbocycles. The summed E-state index contributed by atoms with van der Waals surface area (Å²) in [7, 11) is 0. The maximum atomic E-state index is 13.2. The summed E-state index contributed by atoms with van der Waals surface area (Å²) < 4.78 is 11.3. The largest absolute Gasteiger partial charge is 0.490 e. The standard InChI is InChI=1S/C27H19Cl4N3O6/c1-2-39-22-11-14(9-18-25(36)33-27(38)34(26(18)37)17-6-3-15(28)4-7-17)10-21(31)24(22)40-13-23(35)32-16-5-8-19(29)20(30)12-16/h3-12H,2,13H2,1H3,(H,32,35)(H,33,36,38)/b18-9-. The molecule has 1 fully saturated rings. The number of urea groups is 1. The number of hydrogen-bond donors (Lipinski definition) is 2. The van der Waals surface area contributed by atoms with Crippen molar-refractivity contribution in [2.45, 2.75) is 6.92 Å². The van der Waals surface area contributed by atoms with E-state index in [4.69, 9.17) is 55.9 Å². The van der Waals surface area contributed by atoms with Crippen molar-refractivity contribution in [3.05, 3.63) is 85.8 Å². The van der Waals surface area contributed by atoms with E-state index in [9.17, 15) is 19.2 Å². The number of carbonyl (C=O) groups excluding carboxylic acids is 4. The molecule has 0 radical (unpaired) electrons. The van der Waals surface area contributed by atoms with Crippen LogP contribution >= 0.6 is 46.4 Å². The highest BCUT2D eigenvalue weighted by Gasteiger charge is 2.37. The third kappa shape index (κ3) is 6.68. The molecule has 206 valence electrons. The maximum Gasteiger partial charge on any atom is 0.335 e. The number of imide groups is 2. The Labute approximate surface area is 248 Å². The van der Waals surface area contributed by atoms with Gasteiger partial charge in [0.15, 0.2) is 18.1 Å². The first kappa shape index (κ1) is 29.2. The van der Waals surface area contributed by atoms with Crippen LogP contribution in [0.15, 0.2) is 60.2 Å². The molecule has 13 heteroatoms. The van der Waals surface area contributed by atoms with Crippen LogP contribution in [0.4, 0.5) is 16.2 Å². The zero-order valence-corrected chi connectivity index (χ0v) is 23.6. The summed E-state index contributed by atoms with van der Waals surface area (Å²) >= 11 is 24.2. The van der Waals surface area contributed by atoms with Crippen LogP contribution < -0.4 is 25.0 Å². The monoisotopic (exact) mass is 621 g/mol. The number of nitrogens with one attached hydrogen (secondary N) is 2. The van der Waals surface area contributed by atoms with Crippen molar-refractivity contribution in [2.24, 2.45) is 0 Å². The number of rotatable bonds is 8. The van der Waals surface area contributed by atoms with Gasteiger partial charge in [-0.2, -0.15) is 0 Å². The zero-order valence-electron chi connectivity index (χ0n) is 20.6. The van der Waals surface area contributed by atoms with Crippen LogP contribution in [0.2, 0.25) is 20.1 Å². The molecule has 3 aromatic carbocycles. The Balaban J connectivity index is 1.57. The van der Waals surface area contributed by atoms with Crippen LogP contribution in [0.3, 0.4) is 0 Å². The van der Waals surface area contributed by atoms with Crippen molar-refractivity contribution in [2.75, 3.05) is 23.4 Å². The lowest BCUT2D eigenvalue weighted by Gasteiger charge is -2.26. The van der Waals surface area contributed by atoms with E-state index in [2.05, 4.69) is 10.6 Å². The maximum absolute atomic E-state index is 13.2. The van der Waals surface area contributed by atoms with Gasteiger partial charge in [0.25, 0.3) is 17.7 Å². The van der Waals surface area contributed by atoms with E-state index in [1.165, 1.54) is 48.5 Å². The first-order chi connectivity index (χ1) is 19.1. The van der Waals surface area contributed by atoms with Crippen molar-refractivity contribution in [1.82, 2.24) is 5.32 Å². The van der Waals surface area contributed by atoms with E-state index in [-0.39, 0.29) is 39.4 Å². The Morgan fingerprint density at radius 1 is 0.925 bits per heavy atom. The van der Waals surface area contributed by atoms with Gasteiger partial charge in [-0.1, -0.05) is 46.4 Å². The molecule has 1 aliphatic rings. The van der Waals surface area contributed by atoms with Gasteiger partial charge in [-0.25, -0.2) is 9.69 Å². The lowest BCUT2D eigenvalue weighted by Crippen LogP contribution is -2.54. The van der Waals surface area contributed by atoms with E-state index < -0.39 is 30.4 Å². The fourth-order valence-electron chi connectivity index (χ4n) is 3.63. The van der Waals surface area contributed by atoms with Gasteiger partial charge in [0, 0.05) is 10.7 Å². The molecule has 0 aromatic heterocycles. The SMILES string of the molecule is CCOc1cc(/C=C2/C(=O)NC(=O)N(c3ccc(Cl)cc3)C2=O)cc(Cl)c1OCC(=O)Nc1ccc(Cl)c(Cl)c1. The van der Waals surface area contributed by atoms with Crippen LogP contribution in [-0.4, -0.2) is 37.0 Å². The fourth-order valence-corrected chi connectivity index (χ4v) is 4.33. The molecule has 0 unspecified atom stereocenters. The summed E-state index contributed by atoms with van der Waals surface area (Å²) in [6, 6.07) is 12.6. The number of anilines is 2. The third-order valence-corrected chi connectivity index (χ3v) is 6.65. The molecule has 0 spiro atoms. The molecule has 1 aliphatic heterocycles. The van der Waals surface area contributed by atoms with Crippen molar-refractivity contribution < 1.29 is 28.7 Å². The molecule has 3 aromatic rings. The van der Waals surface area contributed by atoms with Gasteiger partial charge in [-0.05, 0) is 73.2 Å². The third-order valence-electron chi connectivity index (χ3n) is 5.38. The topological polar surface area (TPSA) is 114 Å². The highest BCUT2D eigenvalue weighted by atomic mass is 35.5. The average Bonchev–Trinajstić information content (AvgIpc) is 2.89. The number of benzene rings is 3. The van der Waals surface area contributed by atoms with Gasteiger partial charge >= 0.3 is 6.03 Å². The molecule has 1 saturated heterocycles. The molecule has 2 N–H and O–H groups in total. The van der Waals surface area contributed by atoms with E-state index in [1.54, 1.807) is 19.1 Å². The van der Waals surface area contributed by atoms with E-state index >= 15 is 0 Å². The first-order valence-corrected chi connectivity index (χ1v) is 13.1. The Kier molecular flexibility index (Phi) is 9.21. The zero-order chi connectivity index (χ0) is 29.0. The summed E-state index contributed by atoms with van der Waals surface area (Å²) in [5.41, 5.74) is 0.636. The summed E-state index contributed by atoms with van der Waals surface area (Å²) in [5, 5.41) is 5.85. The lowest BCUT2D eigenvalue weighted by atomic mass is 10.1. The Bertz CT molecular complexity index is 1540. The molecule has 5 amide bonds. The van der Waals surface area contributed by atoms with Gasteiger partial charge in [0.05, 0.1) is 27.4 Å². The smallest absolute Gasteiger partial charge is 0.335 e. The van der Waals surface area contributed by atoms with Crippen molar-refractivity contribution in [1.29, 1.82) is 0 Å². The summed E-state index contributed by atoms with van der Waals surface area (Å²) in [6.45, 7) is 1.54. The summed E-state index contributed by atoms with van der Waals surface area (Å²) in [6.07, 6.45) is 1.27. The van der Waals surface area contributed by atoms with Crippen molar-refractivity contribution >= 4 is 87.6 Å². The molecule has 0 saturated carbocycles. The Morgan fingerprint density at radius 2 is 1.65 bits per heavy atom. The van der Waals surface area contributed by atoms with Gasteiger partial charge in [-0.3, -0.25) is 19.7 Å². The number of hydrogen-bond acceptors (Lipinski definition) is 6. The van der Waals surface area contributed by atoms with Crippen molar-refractivity contribution in [3.8, 4) is 11.5 Å². The van der Waals surface area contributed by atoms with E-state index in [0.717, 1.165) is 4.90 Å². The lowest BCUT2D eigenvalue weighted by molar-refractivity contribution is -0.122. The Morgan fingerprint density at radius 3 is 2.33 bits per heavy atom. The summed E-state index contributed by atoms with van der Waals surface area (Å²) in [4.78, 5) is 51.4. The fraction of sp³-hybridized carbons (Fsp3) is 0.111. The minimum absolute atomic E-state index is 0.0504. The first-order valence-electron chi connectivity index (χ1n) is 11.6. The quantitative estimate of drug-likeness (QED) is 0.222. The number of ether oxygens (including phenoxy) is 2. The van der Waals surface area contributed by atoms with Crippen LogP contribution in [0.5, 0.6) is 11.5 Å². The average molecular weight is 623 g/mol. The van der Waals surface area contributed by atoms with Crippen LogP contribution in [0.25, 0.3) is 6.08 Å². The number of nitrogens with zero attached hydrogens (tertiary/aromatic N) is 1. The van der Waals surface area contributed by atoms with Gasteiger partial charge in [0.1, 0.15) is 5.57 Å². The second-order valence-corrected chi connectivity index (χ2v) is 9.82. The van der Waals surface area contributed by atoms with Crippen LogP contribution in [0.1, 0.15) is 12.5 Å². The summed E-state index contributed by atoms with van der Waals surface area (Å²) in [5.74, 6) is -1.98. The number of barbiturate groups is 1. The van der Waals surface area contributed by atoms with E-state index in [0.29, 0.717) is 21.3 Å². The highest BCUT2D eigenvalue weighted by molar-refractivity contribution is 6.42. The minimum Gasteiger partial charge on any atom is -0.490 e. The molecule has 40 heavy (non-hydrogen) atoms. The number of halogens is 4. The second kappa shape index (κ2) is 12.6. The normalized spacial score (nSPS) is 14.3. The van der Waals surface area contributed by atoms with Crippen LogP contribution in [0, 0.1) is 0 Å². The predicted molar refractivity (Wildman–Crippen MR) is 154 cm³/mol. The Hall–Kier alpha value is -3.76. The number of amides is 5. The van der Waals surface area contributed by atoms with Gasteiger partial charge in [0.2, 0.25) is 0 Å². The molecule has 1 heterocycles. The van der Waals surface area contributed by atoms with Gasteiger partial charge < -0.3 is 14.8 Å². The van der Waals surface area contributed by atoms with E-state index in [1.807, 2.05) is 0 Å². The highest BCUT2D eigenvalue weighted by Crippen LogP contribution is 2.38. The number of carbonyl (C=O) groups is 4. The molecular weight excluding hydrogens is 604 g/mol. The molecule has 4 rings (SSSR count).